The summed E-state index contributed by atoms with van der Waals surface area (Å²) in [5.74, 6) is -0.788. The molecule has 0 spiro atoms. The average Bonchev–Trinajstić information content (AvgIpc) is 2.60. The van der Waals surface area contributed by atoms with Gasteiger partial charge in [-0.3, -0.25) is 20.4 Å². The zero-order valence-electron chi connectivity index (χ0n) is 13.6. The van der Waals surface area contributed by atoms with Gasteiger partial charge in [0.05, 0.1) is 0 Å². The summed E-state index contributed by atoms with van der Waals surface area (Å²) in [6.45, 7) is 0. The number of aliphatic hydroxyl groups excluding tert-OH is 1. The van der Waals surface area contributed by atoms with Crippen LogP contribution >= 0.6 is 0 Å². The van der Waals surface area contributed by atoms with E-state index in [1.165, 1.54) is 43.5 Å². The molecule has 1 fully saturated rings. The van der Waals surface area contributed by atoms with Crippen LogP contribution < -0.4 is 16.6 Å². The molecule has 1 unspecified atom stereocenters. The molecule has 1 aliphatic rings. The number of carbonyl (C=O) groups is 2. The molecule has 2 atom stereocenters. The van der Waals surface area contributed by atoms with E-state index in [9.17, 15) is 19.8 Å². The summed E-state index contributed by atoms with van der Waals surface area (Å²) in [4.78, 5) is 23.8. The van der Waals surface area contributed by atoms with Gasteiger partial charge in [-0.05, 0) is 36.6 Å². The minimum Gasteiger partial charge on any atom is -0.508 e. The fourth-order valence-corrected chi connectivity index (χ4v) is 3.01. The van der Waals surface area contributed by atoms with Crippen molar-refractivity contribution in [3.8, 4) is 5.75 Å². The fraction of sp³-hybridized carbons (Fsp3) is 0.529. The summed E-state index contributed by atoms with van der Waals surface area (Å²) in [7, 11) is 0. The van der Waals surface area contributed by atoms with Crippen molar-refractivity contribution in [1.82, 2.24) is 10.9 Å². The predicted molar refractivity (Wildman–Crippen MR) is 88.9 cm³/mol. The molecule has 6 N–H and O–H groups in total. The van der Waals surface area contributed by atoms with E-state index in [0.29, 0.717) is 12.3 Å². The molecular weight excluding hydrogens is 310 g/mol. The number of nitrogens with two attached hydrogens (primary N) is 1. The largest absolute Gasteiger partial charge is 0.508 e. The SMILES string of the molecule is N[C@H](CC1CCCCC1)C(O)C(=O)NNC(=O)c1ccc(O)cc1. The normalized spacial score (nSPS) is 17.8. The summed E-state index contributed by atoms with van der Waals surface area (Å²) < 4.78 is 0. The highest BCUT2D eigenvalue weighted by Gasteiger charge is 2.26. The number of phenolic OH excluding ortho intramolecular Hbond substituents is 1. The Hall–Kier alpha value is -2.12. The van der Waals surface area contributed by atoms with Gasteiger partial charge in [-0.1, -0.05) is 32.1 Å². The van der Waals surface area contributed by atoms with E-state index in [0.717, 1.165) is 12.8 Å². The highest BCUT2D eigenvalue weighted by molar-refractivity contribution is 5.95. The molecule has 0 bridgehead atoms. The fourth-order valence-electron chi connectivity index (χ4n) is 3.01. The van der Waals surface area contributed by atoms with Crippen LogP contribution in [0.2, 0.25) is 0 Å². The molecule has 0 aromatic heterocycles. The number of aliphatic hydroxyl groups is 1. The van der Waals surface area contributed by atoms with E-state index in [-0.39, 0.29) is 11.3 Å². The number of benzene rings is 1. The number of aromatic hydroxyl groups is 1. The molecule has 2 rings (SSSR count). The topological polar surface area (TPSA) is 125 Å². The molecule has 7 heteroatoms. The first kappa shape index (κ1) is 18.2. The van der Waals surface area contributed by atoms with Crippen molar-refractivity contribution in [2.75, 3.05) is 0 Å². The Balaban J connectivity index is 1.77. The zero-order valence-corrected chi connectivity index (χ0v) is 13.6. The molecule has 0 saturated heterocycles. The van der Waals surface area contributed by atoms with Crippen molar-refractivity contribution in [3.63, 3.8) is 0 Å². The van der Waals surface area contributed by atoms with Gasteiger partial charge in [0.1, 0.15) is 11.9 Å². The zero-order chi connectivity index (χ0) is 17.5. The molecule has 0 radical (unpaired) electrons. The number of carbonyl (C=O) groups excluding carboxylic acids is 2. The smallest absolute Gasteiger partial charge is 0.269 e. The molecule has 132 valence electrons. The number of nitrogens with one attached hydrogen (secondary N) is 2. The Morgan fingerprint density at radius 3 is 2.38 bits per heavy atom. The van der Waals surface area contributed by atoms with Crippen LogP contribution in [0.3, 0.4) is 0 Å². The van der Waals surface area contributed by atoms with Crippen LogP contribution in [0.1, 0.15) is 48.9 Å². The molecule has 2 amide bonds. The van der Waals surface area contributed by atoms with Crippen LogP contribution in [-0.2, 0) is 4.79 Å². The van der Waals surface area contributed by atoms with E-state index in [1.54, 1.807) is 0 Å². The van der Waals surface area contributed by atoms with Gasteiger partial charge in [0.25, 0.3) is 11.8 Å². The molecule has 1 aliphatic carbocycles. The van der Waals surface area contributed by atoms with Gasteiger partial charge in [-0.15, -0.1) is 0 Å². The molecule has 1 aromatic carbocycles. The van der Waals surface area contributed by atoms with Crippen LogP contribution in [0.4, 0.5) is 0 Å². The standard InChI is InChI=1S/C17H25N3O4/c18-14(10-11-4-2-1-3-5-11)15(22)17(24)20-19-16(23)12-6-8-13(21)9-7-12/h6-9,11,14-15,21-22H,1-5,10,18H2,(H,19,23)(H,20,24)/t14-,15?/m1/s1. The van der Waals surface area contributed by atoms with Crippen molar-refractivity contribution in [2.45, 2.75) is 50.7 Å². The minimum absolute atomic E-state index is 0.0414. The van der Waals surface area contributed by atoms with Gasteiger partial charge in [0.2, 0.25) is 0 Å². The van der Waals surface area contributed by atoms with Gasteiger partial charge in [-0.25, -0.2) is 0 Å². The van der Waals surface area contributed by atoms with E-state index >= 15 is 0 Å². The maximum absolute atomic E-state index is 11.9. The van der Waals surface area contributed by atoms with Gasteiger partial charge in [0.15, 0.2) is 0 Å². The predicted octanol–water partition coefficient (Wildman–Crippen LogP) is 0.812. The van der Waals surface area contributed by atoms with Gasteiger partial charge in [0, 0.05) is 11.6 Å². The number of rotatable bonds is 5. The highest BCUT2D eigenvalue weighted by Crippen LogP contribution is 2.27. The molecule has 24 heavy (non-hydrogen) atoms. The Morgan fingerprint density at radius 1 is 1.12 bits per heavy atom. The summed E-state index contributed by atoms with van der Waals surface area (Å²) >= 11 is 0. The second-order valence-electron chi connectivity index (χ2n) is 6.34. The molecule has 0 aliphatic heterocycles. The van der Waals surface area contributed by atoms with Gasteiger partial charge >= 0.3 is 0 Å². The van der Waals surface area contributed by atoms with E-state index in [1.807, 2.05) is 0 Å². The molecule has 1 saturated carbocycles. The Kier molecular flexibility index (Phi) is 6.57. The van der Waals surface area contributed by atoms with Crippen LogP contribution in [0.5, 0.6) is 5.75 Å². The second-order valence-corrected chi connectivity index (χ2v) is 6.34. The van der Waals surface area contributed by atoms with E-state index in [4.69, 9.17) is 5.73 Å². The third kappa shape index (κ3) is 5.21. The maximum atomic E-state index is 11.9. The third-order valence-corrected chi connectivity index (χ3v) is 4.43. The summed E-state index contributed by atoms with van der Waals surface area (Å²) in [6.07, 6.45) is 4.97. The first-order valence-electron chi connectivity index (χ1n) is 8.30. The lowest BCUT2D eigenvalue weighted by Crippen LogP contribution is -2.52. The van der Waals surface area contributed by atoms with Crippen LogP contribution in [0, 0.1) is 5.92 Å². The van der Waals surface area contributed by atoms with Gasteiger partial charge < -0.3 is 15.9 Å². The second kappa shape index (κ2) is 8.65. The van der Waals surface area contributed by atoms with Crippen molar-refractivity contribution in [3.05, 3.63) is 29.8 Å². The van der Waals surface area contributed by atoms with Crippen molar-refractivity contribution in [2.24, 2.45) is 11.7 Å². The van der Waals surface area contributed by atoms with E-state index in [2.05, 4.69) is 10.9 Å². The molecule has 7 nitrogen and oxygen atoms in total. The number of hydrazine groups is 1. The minimum atomic E-state index is -1.37. The Bertz CT molecular complexity index is 555. The lowest BCUT2D eigenvalue weighted by Gasteiger charge is -2.26. The molecule has 0 heterocycles. The number of hydrogen-bond acceptors (Lipinski definition) is 5. The van der Waals surface area contributed by atoms with Gasteiger partial charge in [-0.2, -0.15) is 0 Å². The Morgan fingerprint density at radius 2 is 1.75 bits per heavy atom. The highest BCUT2D eigenvalue weighted by atomic mass is 16.3. The Labute approximate surface area is 141 Å². The van der Waals surface area contributed by atoms with Crippen molar-refractivity contribution >= 4 is 11.8 Å². The lowest BCUT2D eigenvalue weighted by atomic mass is 9.84. The number of amides is 2. The first-order chi connectivity index (χ1) is 11.5. The number of hydrogen-bond donors (Lipinski definition) is 5. The van der Waals surface area contributed by atoms with Crippen molar-refractivity contribution in [1.29, 1.82) is 0 Å². The third-order valence-electron chi connectivity index (χ3n) is 4.43. The van der Waals surface area contributed by atoms with E-state index < -0.39 is 24.0 Å². The average molecular weight is 335 g/mol. The van der Waals surface area contributed by atoms with Crippen molar-refractivity contribution < 1.29 is 19.8 Å². The monoisotopic (exact) mass is 335 g/mol. The molecule has 1 aromatic rings. The summed E-state index contributed by atoms with van der Waals surface area (Å²) in [5, 5.41) is 19.2. The van der Waals surface area contributed by atoms with Crippen LogP contribution in [-0.4, -0.2) is 34.2 Å². The molecular formula is C17H25N3O4. The lowest BCUT2D eigenvalue weighted by molar-refractivity contribution is -0.131. The number of phenols is 1. The maximum Gasteiger partial charge on any atom is 0.269 e. The van der Waals surface area contributed by atoms with Crippen LogP contribution in [0.25, 0.3) is 0 Å². The summed E-state index contributed by atoms with van der Waals surface area (Å²) in [5.41, 5.74) is 10.6. The summed E-state index contributed by atoms with van der Waals surface area (Å²) in [6, 6.07) is 4.92. The quantitative estimate of drug-likeness (QED) is 0.509. The van der Waals surface area contributed by atoms with Crippen LogP contribution in [0.15, 0.2) is 24.3 Å². The first-order valence-corrected chi connectivity index (χ1v) is 8.30.